The van der Waals surface area contributed by atoms with E-state index in [2.05, 4.69) is 29.4 Å². The van der Waals surface area contributed by atoms with Crippen LogP contribution in [0.15, 0.2) is 48.0 Å². The average molecular weight is 212 g/mol. The number of aromatic nitrogens is 2. The van der Waals surface area contributed by atoms with Gasteiger partial charge in [-0.2, -0.15) is 0 Å². The molecule has 2 heterocycles. The number of hydrogen-bond acceptors (Lipinski definition) is 2. The van der Waals surface area contributed by atoms with E-state index in [0.717, 1.165) is 16.0 Å². The Hall–Kier alpha value is -1.74. The Balaban J connectivity index is 2.31. The highest BCUT2D eigenvalue weighted by Crippen LogP contribution is 2.14. The number of fused-ring (bicyclic) bond motifs is 1. The summed E-state index contributed by atoms with van der Waals surface area (Å²) in [5.41, 5.74) is 2.22. The van der Waals surface area contributed by atoms with E-state index in [0.29, 0.717) is 0 Å². The van der Waals surface area contributed by atoms with Gasteiger partial charge >= 0.3 is 0 Å². The molecule has 0 unspecified atom stereocenters. The molecule has 2 nitrogen and oxygen atoms in total. The Kier molecular flexibility index (Phi) is 1.96. The Bertz CT molecular complexity index is 587. The summed E-state index contributed by atoms with van der Waals surface area (Å²) in [7, 11) is 0. The number of hydrogen-bond donors (Lipinski definition) is 0. The number of rotatable bonds is 1. The van der Waals surface area contributed by atoms with Gasteiger partial charge in [0.2, 0.25) is 0 Å². The van der Waals surface area contributed by atoms with Gasteiger partial charge in [-0.3, -0.25) is 4.98 Å². The molecule has 0 aliphatic heterocycles. The van der Waals surface area contributed by atoms with Crippen LogP contribution in [0, 0.1) is 6.20 Å². The summed E-state index contributed by atoms with van der Waals surface area (Å²) >= 11 is 1.64. The van der Waals surface area contributed by atoms with Crippen LogP contribution in [0.1, 0.15) is 0 Å². The van der Waals surface area contributed by atoms with Gasteiger partial charge in [-0.05, 0) is 23.6 Å². The summed E-state index contributed by atoms with van der Waals surface area (Å²) < 4.78 is 2.03. The highest BCUT2D eigenvalue weighted by atomic mass is 32.1. The van der Waals surface area contributed by atoms with E-state index in [9.17, 15) is 0 Å². The minimum absolute atomic E-state index is 1.04. The van der Waals surface area contributed by atoms with Gasteiger partial charge in [0.1, 0.15) is 22.2 Å². The number of benzene rings is 1. The van der Waals surface area contributed by atoms with E-state index in [1.54, 1.807) is 17.5 Å². The van der Waals surface area contributed by atoms with E-state index < -0.39 is 0 Å². The lowest BCUT2D eigenvalue weighted by Crippen LogP contribution is -2.31. The molecule has 0 spiro atoms. The Morgan fingerprint density at radius 2 is 2.00 bits per heavy atom. The van der Waals surface area contributed by atoms with Crippen molar-refractivity contribution in [3.05, 3.63) is 54.2 Å². The molecule has 0 radical (unpaired) electrons. The summed E-state index contributed by atoms with van der Waals surface area (Å²) in [6.45, 7) is 0. The summed E-state index contributed by atoms with van der Waals surface area (Å²) in [5.74, 6) is 0. The van der Waals surface area contributed by atoms with Crippen LogP contribution in [0.25, 0.3) is 16.0 Å². The van der Waals surface area contributed by atoms with Crippen LogP contribution >= 0.6 is 11.3 Å². The van der Waals surface area contributed by atoms with Gasteiger partial charge in [0, 0.05) is 6.20 Å². The molecule has 0 bridgehead atoms. The van der Waals surface area contributed by atoms with Crippen molar-refractivity contribution in [1.82, 2.24) is 4.98 Å². The minimum atomic E-state index is 1.04. The lowest BCUT2D eigenvalue weighted by molar-refractivity contribution is -0.572. The van der Waals surface area contributed by atoms with Crippen molar-refractivity contribution in [3.63, 3.8) is 0 Å². The normalized spacial score (nSPS) is 10.7. The maximum atomic E-state index is 4.27. The fourth-order valence-corrected chi connectivity index (χ4v) is 2.29. The quantitative estimate of drug-likeness (QED) is 0.447. The first-order chi connectivity index (χ1) is 7.45. The van der Waals surface area contributed by atoms with E-state index in [1.165, 1.54) is 0 Å². The molecule has 3 heteroatoms. The van der Waals surface area contributed by atoms with Gasteiger partial charge in [0.15, 0.2) is 0 Å². The molecule has 0 N–H and O–H groups in total. The first kappa shape index (κ1) is 8.56. The fourth-order valence-electron chi connectivity index (χ4n) is 1.57. The molecule has 0 saturated carbocycles. The van der Waals surface area contributed by atoms with E-state index in [-0.39, 0.29) is 0 Å². The number of nitrogens with zero attached hydrogens (tertiary/aromatic N) is 2. The van der Waals surface area contributed by atoms with Crippen LogP contribution in [0.3, 0.4) is 0 Å². The lowest BCUT2D eigenvalue weighted by atomic mass is 10.3. The predicted molar refractivity (Wildman–Crippen MR) is 60.0 cm³/mol. The van der Waals surface area contributed by atoms with Crippen molar-refractivity contribution in [2.45, 2.75) is 0 Å². The highest BCUT2D eigenvalue weighted by molar-refractivity contribution is 7.16. The van der Waals surface area contributed by atoms with Gasteiger partial charge in [-0.1, -0.05) is 18.2 Å². The maximum absolute atomic E-state index is 4.27. The first-order valence-electron chi connectivity index (χ1n) is 4.66. The lowest BCUT2D eigenvalue weighted by Gasteiger charge is -2.04. The summed E-state index contributed by atoms with van der Waals surface area (Å²) in [6, 6.07) is 12.2. The molecule has 0 saturated heterocycles. The van der Waals surface area contributed by atoms with Crippen LogP contribution in [-0.4, -0.2) is 4.98 Å². The van der Waals surface area contributed by atoms with Crippen LogP contribution in [0.4, 0.5) is 0 Å². The Morgan fingerprint density at radius 1 is 1.13 bits per heavy atom. The van der Waals surface area contributed by atoms with Crippen molar-refractivity contribution in [1.29, 1.82) is 0 Å². The molecule has 1 aromatic carbocycles. The van der Waals surface area contributed by atoms with Gasteiger partial charge in [0.05, 0.1) is 0 Å². The third kappa shape index (κ3) is 1.41. The maximum Gasteiger partial charge on any atom is 0.142 e. The van der Waals surface area contributed by atoms with Crippen LogP contribution in [0.2, 0.25) is 0 Å². The zero-order valence-electron chi connectivity index (χ0n) is 7.92. The van der Waals surface area contributed by atoms with Gasteiger partial charge in [-0.25, -0.2) is 0 Å². The molecule has 3 aromatic rings. The van der Waals surface area contributed by atoms with Gasteiger partial charge < -0.3 is 4.57 Å². The Morgan fingerprint density at radius 3 is 2.87 bits per heavy atom. The second-order valence-electron chi connectivity index (χ2n) is 3.17. The SMILES string of the molecule is [c-]1cnc2sccc2[n+]1-c1ccccc1. The van der Waals surface area contributed by atoms with Crippen molar-refractivity contribution >= 4 is 21.7 Å². The molecule has 0 fully saturated rings. The second kappa shape index (κ2) is 3.44. The zero-order chi connectivity index (χ0) is 10.1. The standard InChI is InChI=1S/C12H8N2S/c1-2-4-10(5-3-1)14-8-7-13-12-11(14)6-9-15-12/h1-7,9H. The summed E-state index contributed by atoms with van der Waals surface area (Å²) in [4.78, 5) is 5.31. The van der Waals surface area contributed by atoms with E-state index in [4.69, 9.17) is 0 Å². The smallest absolute Gasteiger partial charge is 0.142 e. The van der Waals surface area contributed by atoms with Crippen molar-refractivity contribution in [2.75, 3.05) is 0 Å². The molecule has 0 aliphatic carbocycles. The third-order valence-corrected chi connectivity index (χ3v) is 3.06. The molecule has 0 aliphatic rings. The van der Waals surface area contributed by atoms with Crippen molar-refractivity contribution < 1.29 is 4.57 Å². The zero-order valence-corrected chi connectivity index (χ0v) is 8.74. The summed E-state index contributed by atoms with van der Waals surface area (Å²) in [6.07, 6.45) is 4.84. The van der Waals surface area contributed by atoms with Crippen molar-refractivity contribution in [2.24, 2.45) is 0 Å². The molecule has 3 rings (SSSR count). The van der Waals surface area contributed by atoms with Crippen LogP contribution in [0.5, 0.6) is 0 Å². The number of thiophene rings is 1. The van der Waals surface area contributed by atoms with Gasteiger partial charge in [-0.15, -0.1) is 11.3 Å². The topological polar surface area (TPSA) is 16.8 Å². The van der Waals surface area contributed by atoms with Crippen LogP contribution < -0.4 is 4.57 Å². The average Bonchev–Trinajstić information content (AvgIpc) is 2.78. The summed E-state index contributed by atoms with van der Waals surface area (Å²) in [5, 5.41) is 2.05. The monoisotopic (exact) mass is 212 g/mol. The molecule has 2 aromatic heterocycles. The first-order valence-corrected chi connectivity index (χ1v) is 5.54. The van der Waals surface area contributed by atoms with Gasteiger partial charge in [0.25, 0.3) is 0 Å². The fraction of sp³-hybridized carbons (Fsp3) is 0. The predicted octanol–water partition coefficient (Wildman–Crippen LogP) is 2.37. The number of para-hydroxylation sites is 1. The minimum Gasteiger partial charge on any atom is -0.317 e. The molecule has 0 amide bonds. The molecule has 72 valence electrons. The molecular formula is C12H8N2S. The molecule has 15 heavy (non-hydrogen) atoms. The molecule has 0 atom stereocenters. The van der Waals surface area contributed by atoms with E-state index >= 15 is 0 Å². The largest absolute Gasteiger partial charge is 0.317 e. The van der Waals surface area contributed by atoms with E-state index in [1.807, 2.05) is 28.1 Å². The third-order valence-electron chi connectivity index (χ3n) is 2.25. The highest BCUT2D eigenvalue weighted by Gasteiger charge is 2.03. The second-order valence-corrected chi connectivity index (χ2v) is 4.06. The van der Waals surface area contributed by atoms with Crippen molar-refractivity contribution in [3.8, 4) is 5.69 Å². The Labute approximate surface area is 91.5 Å². The molecular weight excluding hydrogens is 204 g/mol. The van der Waals surface area contributed by atoms with Crippen LogP contribution in [-0.2, 0) is 0 Å².